The summed E-state index contributed by atoms with van der Waals surface area (Å²) in [6.07, 6.45) is -1.02. The number of ether oxygens (including phenoxy) is 3. The molecule has 2 N–H and O–H groups in total. The van der Waals surface area contributed by atoms with Gasteiger partial charge in [0.25, 0.3) is 5.56 Å². The monoisotopic (exact) mass is 510 g/mol. The predicted octanol–water partition coefficient (Wildman–Crippen LogP) is 1.82. The van der Waals surface area contributed by atoms with Crippen molar-refractivity contribution in [2.24, 2.45) is 0 Å². The number of aromatic nitrogens is 2. The number of nitrogens with zero attached hydrogens (tertiary/aromatic N) is 2. The average molecular weight is 511 g/mol. The molecule has 4 heterocycles. The molecule has 3 aromatic rings. The lowest BCUT2D eigenvalue weighted by atomic mass is 9.97. The molecule has 0 radical (unpaired) electrons. The van der Waals surface area contributed by atoms with Gasteiger partial charge in [0.05, 0.1) is 35.7 Å². The molecule has 1 unspecified atom stereocenters. The third-order valence-electron chi connectivity index (χ3n) is 6.72. The number of nitrogens with one attached hydrogen (secondary N) is 2. The van der Waals surface area contributed by atoms with E-state index in [1.807, 2.05) is 6.92 Å². The van der Waals surface area contributed by atoms with Crippen LogP contribution in [0, 0.1) is 12.7 Å². The molecule has 0 saturated heterocycles. The number of carbonyl (C=O) groups excluding carboxylic acids is 2. The number of pyridine rings is 2. The van der Waals surface area contributed by atoms with Gasteiger partial charge in [-0.05, 0) is 36.7 Å². The van der Waals surface area contributed by atoms with Crippen LogP contribution in [0.25, 0.3) is 22.3 Å². The molecule has 0 aliphatic carbocycles. The number of hydrogen-bond acceptors (Lipinski definition) is 8. The van der Waals surface area contributed by atoms with Crippen molar-refractivity contribution in [3.05, 3.63) is 62.2 Å². The maximum absolute atomic E-state index is 14.5. The SMILES string of the molecule is CCNCOCC(=O)NCc1c2c(nc3cc(F)c(C)cc13)-c1cc3c(c(=O)n1C2)COC(=O)C3OC. The van der Waals surface area contributed by atoms with E-state index >= 15 is 0 Å². The Hall–Kier alpha value is -3.67. The first-order chi connectivity index (χ1) is 17.8. The van der Waals surface area contributed by atoms with Crippen LogP contribution in [0.5, 0.6) is 0 Å². The lowest BCUT2D eigenvalue weighted by Gasteiger charge is -2.24. The number of cyclic esters (lactones) is 1. The molecule has 2 aliphatic rings. The lowest BCUT2D eigenvalue weighted by molar-refractivity contribution is -0.159. The van der Waals surface area contributed by atoms with Crippen molar-refractivity contribution < 1.29 is 28.2 Å². The number of aryl methyl sites for hydroxylation is 1. The highest BCUT2D eigenvalue weighted by Gasteiger charge is 2.35. The number of fused-ring (bicyclic) bond motifs is 5. The Balaban J connectivity index is 1.59. The fourth-order valence-electron chi connectivity index (χ4n) is 4.81. The minimum Gasteiger partial charge on any atom is -0.458 e. The lowest BCUT2D eigenvalue weighted by Crippen LogP contribution is -2.33. The van der Waals surface area contributed by atoms with Crippen LogP contribution >= 0.6 is 0 Å². The van der Waals surface area contributed by atoms with Gasteiger partial charge < -0.3 is 24.1 Å². The van der Waals surface area contributed by atoms with E-state index in [0.29, 0.717) is 39.0 Å². The Morgan fingerprint density at radius 2 is 2.08 bits per heavy atom. The Bertz CT molecular complexity index is 1480. The number of esters is 1. The molecule has 0 saturated carbocycles. The second kappa shape index (κ2) is 10.0. The highest BCUT2D eigenvalue weighted by atomic mass is 19.1. The van der Waals surface area contributed by atoms with Crippen molar-refractivity contribution >= 4 is 22.8 Å². The number of halogens is 1. The van der Waals surface area contributed by atoms with Crippen LogP contribution in [0.2, 0.25) is 0 Å². The molecule has 37 heavy (non-hydrogen) atoms. The summed E-state index contributed by atoms with van der Waals surface area (Å²) in [6.45, 7) is 4.67. The van der Waals surface area contributed by atoms with Crippen molar-refractivity contribution in [2.75, 3.05) is 27.0 Å². The van der Waals surface area contributed by atoms with E-state index in [9.17, 15) is 18.8 Å². The van der Waals surface area contributed by atoms with Crippen LogP contribution in [0.1, 0.15) is 40.8 Å². The fourth-order valence-corrected chi connectivity index (χ4v) is 4.81. The molecular weight excluding hydrogens is 483 g/mol. The smallest absolute Gasteiger partial charge is 0.340 e. The molecule has 11 heteroatoms. The van der Waals surface area contributed by atoms with Crippen molar-refractivity contribution in [1.29, 1.82) is 0 Å². The molecule has 10 nitrogen and oxygen atoms in total. The topological polar surface area (TPSA) is 121 Å². The molecule has 0 spiro atoms. The third-order valence-corrected chi connectivity index (χ3v) is 6.72. The van der Waals surface area contributed by atoms with Crippen molar-refractivity contribution in [3.63, 3.8) is 0 Å². The van der Waals surface area contributed by atoms with Gasteiger partial charge in [-0.2, -0.15) is 0 Å². The van der Waals surface area contributed by atoms with Crippen molar-refractivity contribution in [1.82, 2.24) is 20.2 Å². The summed E-state index contributed by atoms with van der Waals surface area (Å²) in [5.74, 6) is -1.28. The molecule has 1 atom stereocenters. The summed E-state index contributed by atoms with van der Waals surface area (Å²) in [4.78, 5) is 42.8. The number of rotatable bonds is 8. The zero-order valence-electron chi connectivity index (χ0n) is 20.8. The molecule has 1 aromatic carbocycles. The summed E-state index contributed by atoms with van der Waals surface area (Å²) in [6, 6.07) is 4.77. The largest absolute Gasteiger partial charge is 0.458 e. The minimum atomic E-state index is -1.02. The van der Waals surface area contributed by atoms with Gasteiger partial charge in [-0.25, -0.2) is 14.2 Å². The highest BCUT2D eigenvalue weighted by Crippen LogP contribution is 2.38. The number of methoxy groups -OCH3 is 1. The number of hydrogen-bond donors (Lipinski definition) is 2. The van der Waals surface area contributed by atoms with E-state index in [2.05, 4.69) is 10.6 Å². The molecule has 0 bridgehead atoms. The maximum atomic E-state index is 14.5. The van der Waals surface area contributed by atoms with Gasteiger partial charge in [0.15, 0.2) is 6.10 Å². The molecule has 2 aliphatic heterocycles. The first-order valence-electron chi connectivity index (χ1n) is 12.0. The van der Waals surface area contributed by atoms with Gasteiger partial charge >= 0.3 is 5.97 Å². The summed E-state index contributed by atoms with van der Waals surface area (Å²) in [7, 11) is 1.37. The van der Waals surface area contributed by atoms with Gasteiger partial charge in [0.1, 0.15) is 19.0 Å². The number of amides is 1. The van der Waals surface area contributed by atoms with Gasteiger partial charge in [-0.3, -0.25) is 14.9 Å². The second-order valence-electron chi connectivity index (χ2n) is 8.99. The van der Waals surface area contributed by atoms with E-state index in [1.165, 1.54) is 13.2 Å². The van der Waals surface area contributed by atoms with Gasteiger partial charge in [0.2, 0.25) is 5.91 Å². The Morgan fingerprint density at radius 3 is 2.84 bits per heavy atom. The summed E-state index contributed by atoms with van der Waals surface area (Å²) in [5.41, 5.74) is 3.80. The van der Waals surface area contributed by atoms with Crippen LogP contribution < -0.4 is 16.2 Å². The average Bonchev–Trinajstić information content (AvgIpc) is 3.24. The van der Waals surface area contributed by atoms with E-state index in [-0.39, 0.29) is 44.5 Å². The molecule has 194 valence electrons. The molecule has 5 rings (SSSR count). The molecule has 1 amide bonds. The van der Waals surface area contributed by atoms with E-state index in [1.54, 1.807) is 23.6 Å². The summed E-state index contributed by atoms with van der Waals surface area (Å²) < 4.78 is 31.9. The van der Waals surface area contributed by atoms with Crippen LogP contribution in [0.3, 0.4) is 0 Å². The van der Waals surface area contributed by atoms with Crippen molar-refractivity contribution in [3.8, 4) is 11.4 Å². The Morgan fingerprint density at radius 1 is 1.27 bits per heavy atom. The minimum absolute atomic E-state index is 0.120. The highest BCUT2D eigenvalue weighted by molar-refractivity contribution is 5.89. The fraction of sp³-hybridized carbons (Fsp3) is 0.385. The van der Waals surface area contributed by atoms with Crippen molar-refractivity contribution in [2.45, 2.75) is 39.6 Å². The standard InChI is InChI=1S/C26H27FN4O6/c1-4-28-12-36-11-22(32)29-8-16-14-5-13(2)19(27)7-20(14)30-23-17(16)9-31-21(23)6-15-18(25(31)33)10-37-26(34)24(15)35-3/h5-7,24,28H,4,8-12H2,1-3H3,(H,29,32). The Labute approximate surface area is 211 Å². The van der Waals surface area contributed by atoms with E-state index in [0.717, 1.165) is 17.7 Å². The van der Waals surface area contributed by atoms with E-state index < -0.39 is 17.9 Å². The number of benzene rings is 1. The molecule has 0 fully saturated rings. The summed E-state index contributed by atoms with van der Waals surface area (Å²) >= 11 is 0. The molecular formula is C26H27FN4O6. The van der Waals surface area contributed by atoms with Gasteiger partial charge in [0, 0.05) is 36.2 Å². The third kappa shape index (κ3) is 4.39. The Kier molecular flexibility index (Phi) is 6.76. The predicted molar refractivity (Wildman–Crippen MR) is 131 cm³/mol. The zero-order chi connectivity index (χ0) is 26.3. The molecule has 2 aromatic heterocycles. The first-order valence-corrected chi connectivity index (χ1v) is 12.0. The normalized spacial score (nSPS) is 15.8. The quantitative estimate of drug-likeness (QED) is 0.209. The zero-order valence-corrected chi connectivity index (χ0v) is 20.8. The number of carbonyl (C=O) groups is 2. The van der Waals surface area contributed by atoms with Crippen LogP contribution in [0.15, 0.2) is 23.0 Å². The van der Waals surface area contributed by atoms with Crippen LogP contribution in [-0.4, -0.2) is 48.4 Å². The summed E-state index contributed by atoms with van der Waals surface area (Å²) in [5, 5.41) is 6.53. The maximum Gasteiger partial charge on any atom is 0.340 e. The van der Waals surface area contributed by atoms with Crippen LogP contribution in [0.4, 0.5) is 4.39 Å². The first kappa shape index (κ1) is 25.0. The van der Waals surface area contributed by atoms with Crippen LogP contribution in [-0.2, 0) is 43.5 Å². The van der Waals surface area contributed by atoms with Gasteiger partial charge in [-0.15, -0.1) is 0 Å². The second-order valence-corrected chi connectivity index (χ2v) is 8.99. The van der Waals surface area contributed by atoms with E-state index in [4.69, 9.17) is 19.2 Å². The van der Waals surface area contributed by atoms with Gasteiger partial charge in [-0.1, -0.05) is 6.92 Å².